The quantitative estimate of drug-likeness (QED) is 0.528. The maximum Gasteiger partial charge on any atom is 0.119 e. The first-order valence-corrected chi connectivity index (χ1v) is 13.2. The summed E-state index contributed by atoms with van der Waals surface area (Å²) in [5.41, 5.74) is 3.57. The molecule has 0 aromatic heterocycles. The van der Waals surface area contributed by atoms with Gasteiger partial charge in [-0.15, -0.1) is 0 Å². The van der Waals surface area contributed by atoms with Crippen LogP contribution in [0.4, 0.5) is 0 Å². The van der Waals surface area contributed by atoms with Crippen molar-refractivity contribution in [2.45, 2.75) is 91.0 Å². The topological polar surface area (TPSA) is 24.5 Å². The highest BCUT2D eigenvalue weighted by Crippen LogP contribution is 2.37. The molecule has 3 nitrogen and oxygen atoms in total. The summed E-state index contributed by atoms with van der Waals surface area (Å²) in [4.78, 5) is 2.68. The number of hydrogen-bond acceptors (Lipinski definition) is 3. The maximum atomic E-state index is 6.11. The highest BCUT2D eigenvalue weighted by Gasteiger charge is 2.29. The Bertz CT molecular complexity index is 681. The lowest BCUT2D eigenvalue weighted by molar-refractivity contribution is 0.159. The number of ether oxygens (including phenoxy) is 1. The van der Waals surface area contributed by atoms with Crippen LogP contribution in [0, 0.1) is 17.3 Å². The third-order valence-electron chi connectivity index (χ3n) is 8.20. The van der Waals surface area contributed by atoms with Crippen LogP contribution in [0.1, 0.15) is 83.3 Å². The van der Waals surface area contributed by atoms with E-state index < -0.39 is 0 Å². The molecule has 1 saturated heterocycles. The Balaban J connectivity index is 1.12. The molecule has 3 aliphatic rings. The van der Waals surface area contributed by atoms with Gasteiger partial charge in [-0.1, -0.05) is 26.8 Å². The Labute approximate surface area is 191 Å². The summed E-state index contributed by atoms with van der Waals surface area (Å²) in [7, 11) is 0. The Morgan fingerprint density at radius 1 is 1.00 bits per heavy atom. The van der Waals surface area contributed by atoms with Gasteiger partial charge in [0, 0.05) is 12.6 Å². The Hall–Kier alpha value is -1.06. The minimum atomic E-state index is 0.475. The van der Waals surface area contributed by atoms with Gasteiger partial charge in [-0.25, -0.2) is 0 Å². The molecular formula is C28H46N2O. The van der Waals surface area contributed by atoms with Crippen molar-refractivity contribution in [3.63, 3.8) is 0 Å². The first-order chi connectivity index (χ1) is 15.0. The molecule has 1 heterocycles. The van der Waals surface area contributed by atoms with Gasteiger partial charge in [0.1, 0.15) is 5.75 Å². The van der Waals surface area contributed by atoms with Crippen molar-refractivity contribution in [1.82, 2.24) is 10.2 Å². The van der Waals surface area contributed by atoms with Crippen LogP contribution in [0.25, 0.3) is 0 Å². The fourth-order valence-corrected chi connectivity index (χ4v) is 6.11. The zero-order valence-electron chi connectivity index (χ0n) is 20.4. The van der Waals surface area contributed by atoms with Gasteiger partial charge in [0.15, 0.2) is 0 Å². The molecule has 1 saturated carbocycles. The number of fused-ring (bicyclic) bond motifs is 1. The van der Waals surface area contributed by atoms with Crippen LogP contribution in [-0.4, -0.2) is 43.7 Å². The molecule has 1 aromatic carbocycles. The summed E-state index contributed by atoms with van der Waals surface area (Å²) >= 11 is 0. The summed E-state index contributed by atoms with van der Waals surface area (Å²) in [6.07, 6.45) is 13.2. The number of benzene rings is 1. The molecule has 2 aliphatic carbocycles. The van der Waals surface area contributed by atoms with Gasteiger partial charge in [-0.3, -0.25) is 0 Å². The van der Waals surface area contributed by atoms with Gasteiger partial charge in [0.25, 0.3) is 0 Å². The van der Waals surface area contributed by atoms with Gasteiger partial charge in [0.05, 0.1) is 6.61 Å². The fourth-order valence-electron chi connectivity index (χ4n) is 6.11. The van der Waals surface area contributed by atoms with Crippen LogP contribution in [0.5, 0.6) is 5.75 Å². The molecule has 3 heteroatoms. The average molecular weight is 427 g/mol. The lowest BCUT2D eigenvalue weighted by Crippen LogP contribution is -2.36. The number of hydrogen-bond donors (Lipinski definition) is 1. The Kier molecular flexibility index (Phi) is 7.98. The number of nitrogens with zero attached hydrogens (tertiary/aromatic N) is 1. The molecule has 1 N–H and O–H groups in total. The standard InChI is InChI=1S/C28H46N2O/c1-28(2,3)25-10-12-26(13-11-25)29-15-6-18-31-27-14-9-23-19-22(7-8-24(23)20-27)21-30-16-4-5-17-30/h9,14,20,22,25-26,29H,4-8,10-13,15-19,21H2,1-3H3. The molecule has 0 bridgehead atoms. The zero-order valence-corrected chi connectivity index (χ0v) is 20.4. The third-order valence-corrected chi connectivity index (χ3v) is 8.20. The van der Waals surface area contributed by atoms with E-state index in [1.54, 1.807) is 5.56 Å². The predicted molar refractivity (Wildman–Crippen MR) is 131 cm³/mol. The minimum Gasteiger partial charge on any atom is -0.494 e. The molecular weight excluding hydrogens is 380 g/mol. The van der Waals surface area contributed by atoms with Crippen LogP contribution in [0.3, 0.4) is 0 Å². The molecule has 1 unspecified atom stereocenters. The highest BCUT2D eigenvalue weighted by atomic mass is 16.5. The van der Waals surface area contributed by atoms with E-state index in [0.717, 1.165) is 43.2 Å². The van der Waals surface area contributed by atoms with Crippen LogP contribution in [0.2, 0.25) is 0 Å². The van der Waals surface area contributed by atoms with Crippen LogP contribution < -0.4 is 10.1 Å². The number of likely N-dealkylation sites (tertiary alicyclic amines) is 1. The van der Waals surface area contributed by atoms with E-state index in [9.17, 15) is 0 Å². The molecule has 2 fully saturated rings. The first kappa shape index (κ1) is 23.1. The van der Waals surface area contributed by atoms with Crippen molar-refractivity contribution in [1.29, 1.82) is 0 Å². The van der Waals surface area contributed by atoms with Crippen molar-refractivity contribution < 1.29 is 4.74 Å². The third kappa shape index (κ3) is 6.71. The van der Waals surface area contributed by atoms with Crippen molar-refractivity contribution >= 4 is 0 Å². The second-order valence-electron chi connectivity index (χ2n) is 11.6. The SMILES string of the molecule is CC(C)(C)C1CCC(NCCCOc2ccc3c(c2)CCC(CN2CCCC2)C3)CC1. The summed E-state index contributed by atoms with van der Waals surface area (Å²) in [6, 6.07) is 7.59. The van der Waals surface area contributed by atoms with Gasteiger partial charge in [0.2, 0.25) is 0 Å². The van der Waals surface area contributed by atoms with Crippen molar-refractivity contribution in [2.75, 3.05) is 32.8 Å². The lowest BCUT2D eigenvalue weighted by Gasteiger charge is -2.37. The normalized spacial score (nSPS) is 27.3. The predicted octanol–water partition coefficient (Wildman–Crippen LogP) is 5.85. The second kappa shape index (κ2) is 10.7. The van der Waals surface area contributed by atoms with E-state index in [1.165, 1.54) is 83.0 Å². The van der Waals surface area contributed by atoms with E-state index in [1.807, 2.05) is 0 Å². The van der Waals surface area contributed by atoms with E-state index in [2.05, 4.69) is 49.2 Å². The fraction of sp³-hybridized carbons (Fsp3) is 0.786. The molecule has 31 heavy (non-hydrogen) atoms. The van der Waals surface area contributed by atoms with Gasteiger partial charge < -0.3 is 15.0 Å². The zero-order chi connectivity index (χ0) is 21.7. The van der Waals surface area contributed by atoms with E-state index >= 15 is 0 Å². The maximum absolute atomic E-state index is 6.11. The van der Waals surface area contributed by atoms with Gasteiger partial charge >= 0.3 is 0 Å². The largest absolute Gasteiger partial charge is 0.494 e. The molecule has 1 atom stereocenters. The van der Waals surface area contributed by atoms with E-state index in [0.29, 0.717) is 5.41 Å². The summed E-state index contributed by atoms with van der Waals surface area (Å²) in [5.74, 6) is 2.82. The van der Waals surface area contributed by atoms with Crippen molar-refractivity contribution in [3.05, 3.63) is 29.3 Å². The van der Waals surface area contributed by atoms with Crippen LogP contribution in [-0.2, 0) is 12.8 Å². The number of aryl methyl sites for hydroxylation is 1. The monoisotopic (exact) mass is 426 g/mol. The van der Waals surface area contributed by atoms with Crippen molar-refractivity contribution in [3.8, 4) is 5.75 Å². The van der Waals surface area contributed by atoms with Gasteiger partial charge in [-0.2, -0.15) is 0 Å². The summed E-state index contributed by atoms with van der Waals surface area (Å²) < 4.78 is 6.11. The van der Waals surface area contributed by atoms with Crippen LogP contribution in [0.15, 0.2) is 18.2 Å². The smallest absolute Gasteiger partial charge is 0.119 e. The number of nitrogens with one attached hydrogen (secondary N) is 1. The summed E-state index contributed by atoms with van der Waals surface area (Å²) in [6.45, 7) is 13.0. The Morgan fingerprint density at radius 3 is 2.52 bits per heavy atom. The molecule has 1 aliphatic heterocycles. The number of rotatable bonds is 8. The summed E-state index contributed by atoms with van der Waals surface area (Å²) in [5, 5.41) is 3.78. The van der Waals surface area contributed by atoms with Crippen molar-refractivity contribution in [2.24, 2.45) is 17.3 Å². The minimum absolute atomic E-state index is 0.475. The highest BCUT2D eigenvalue weighted by molar-refractivity contribution is 5.37. The Morgan fingerprint density at radius 2 is 1.77 bits per heavy atom. The molecule has 0 radical (unpaired) electrons. The molecule has 1 aromatic rings. The van der Waals surface area contributed by atoms with Gasteiger partial charge in [-0.05, 0) is 124 Å². The second-order valence-corrected chi connectivity index (χ2v) is 11.6. The molecule has 174 valence electrons. The van der Waals surface area contributed by atoms with Crippen LogP contribution >= 0.6 is 0 Å². The molecule has 4 rings (SSSR count). The van der Waals surface area contributed by atoms with E-state index in [-0.39, 0.29) is 0 Å². The first-order valence-electron chi connectivity index (χ1n) is 13.2. The molecule has 0 spiro atoms. The lowest BCUT2D eigenvalue weighted by atomic mass is 9.71. The average Bonchev–Trinajstić information content (AvgIpc) is 3.26. The van der Waals surface area contributed by atoms with E-state index in [4.69, 9.17) is 4.74 Å². The molecule has 0 amide bonds.